The highest BCUT2D eigenvalue weighted by Gasteiger charge is 2.26. The molecule has 0 radical (unpaired) electrons. The summed E-state index contributed by atoms with van der Waals surface area (Å²) >= 11 is 12.6. The molecular formula is C24H24Cl2N2O. The zero-order chi connectivity index (χ0) is 20.2. The van der Waals surface area contributed by atoms with Gasteiger partial charge in [0.1, 0.15) is 5.75 Å². The lowest BCUT2D eigenvalue weighted by atomic mass is 9.96. The predicted molar refractivity (Wildman–Crippen MR) is 120 cm³/mol. The number of benzene rings is 3. The van der Waals surface area contributed by atoms with Crippen molar-refractivity contribution >= 4 is 23.2 Å². The summed E-state index contributed by atoms with van der Waals surface area (Å²) in [5, 5.41) is 11.0. The Kier molecular flexibility index (Phi) is 6.41. The van der Waals surface area contributed by atoms with Gasteiger partial charge in [-0.15, -0.1) is 0 Å². The fourth-order valence-electron chi connectivity index (χ4n) is 4.01. The van der Waals surface area contributed by atoms with Gasteiger partial charge in [0.05, 0.1) is 6.04 Å². The van der Waals surface area contributed by atoms with Crippen LogP contribution in [0.25, 0.3) is 0 Å². The minimum Gasteiger partial charge on any atom is -0.508 e. The lowest BCUT2D eigenvalue weighted by molar-refractivity contribution is 0.105. The fraction of sp³-hybridized carbons (Fsp3) is 0.250. The highest BCUT2D eigenvalue weighted by atomic mass is 35.5. The van der Waals surface area contributed by atoms with Gasteiger partial charge in [-0.3, -0.25) is 9.80 Å². The fourth-order valence-corrected chi connectivity index (χ4v) is 4.40. The molecule has 0 saturated carbocycles. The van der Waals surface area contributed by atoms with E-state index >= 15 is 0 Å². The molecule has 1 aliphatic heterocycles. The molecule has 0 aromatic heterocycles. The van der Waals surface area contributed by atoms with Crippen LogP contribution in [0.3, 0.4) is 0 Å². The first-order valence-electron chi connectivity index (χ1n) is 9.84. The van der Waals surface area contributed by atoms with Gasteiger partial charge in [-0.25, -0.2) is 0 Å². The van der Waals surface area contributed by atoms with Crippen molar-refractivity contribution in [3.8, 4) is 5.75 Å². The number of hydrogen-bond donors (Lipinski definition) is 1. The van der Waals surface area contributed by atoms with Gasteiger partial charge in [0.15, 0.2) is 0 Å². The van der Waals surface area contributed by atoms with Gasteiger partial charge >= 0.3 is 0 Å². The van der Waals surface area contributed by atoms with Crippen LogP contribution in [-0.2, 0) is 6.54 Å². The van der Waals surface area contributed by atoms with E-state index < -0.39 is 0 Å². The third-order valence-corrected chi connectivity index (χ3v) is 5.91. The molecule has 3 aromatic rings. The Hall–Kier alpha value is -2.04. The Morgan fingerprint density at radius 2 is 1.31 bits per heavy atom. The Morgan fingerprint density at radius 1 is 0.759 bits per heavy atom. The normalized spacial score (nSPS) is 15.7. The minimum absolute atomic E-state index is 0.128. The van der Waals surface area contributed by atoms with Crippen LogP contribution < -0.4 is 0 Å². The quantitative estimate of drug-likeness (QED) is 0.574. The molecule has 1 N–H and O–H groups in total. The molecule has 0 aliphatic carbocycles. The van der Waals surface area contributed by atoms with Gasteiger partial charge in [-0.1, -0.05) is 59.6 Å². The third-order valence-electron chi connectivity index (χ3n) is 5.44. The second-order valence-corrected chi connectivity index (χ2v) is 8.36. The molecule has 29 heavy (non-hydrogen) atoms. The average Bonchev–Trinajstić information content (AvgIpc) is 2.71. The van der Waals surface area contributed by atoms with Crippen molar-refractivity contribution < 1.29 is 5.11 Å². The topological polar surface area (TPSA) is 26.7 Å². The van der Waals surface area contributed by atoms with Crippen LogP contribution in [0.4, 0.5) is 0 Å². The maximum Gasteiger partial charge on any atom is 0.115 e. The van der Waals surface area contributed by atoms with E-state index in [1.807, 2.05) is 36.4 Å². The van der Waals surface area contributed by atoms with Crippen LogP contribution in [0.5, 0.6) is 5.75 Å². The molecule has 0 unspecified atom stereocenters. The average molecular weight is 427 g/mol. The highest BCUT2D eigenvalue weighted by molar-refractivity contribution is 6.31. The second kappa shape index (κ2) is 9.19. The smallest absolute Gasteiger partial charge is 0.115 e. The van der Waals surface area contributed by atoms with Crippen molar-refractivity contribution in [3.05, 3.63) is 99.5 Å². The molecule has 1 fully saturated rings. The molecular weight excluding hydrogens is 403 g/mol. The summed E-state index contributed by atoms with van der Waals surface area (Å²) in [6.45, 7) is 4.79. The summed E-state index contributed by atoms with van der Waals surface area (Å²) < 4.78 is 0. The summed E-state index contributed by atoms with van der Waals surface area (Å²) in [4.78, 5) is 4.96. The van der Waals surface area contributed by atoms with Gasteiger partial charge < -0.3 is 5.11 Å². The SMILES string of the molecule is Oc1ccc(CN2CCN(C(c3cccc(Cl)c3)c3cccc(Cl)c3)CC2)cc1. The molecule has 0 bridgehead atoms. The zero-order valence-corrected chi connectivity index (χ0v) is 17.7. The largest absolute Gasteiger partial charge is 0.508 e. The van der Waals surface area contributed by atoms with Crippen LogP contribution in [0.2, 0.25) is 10.0 Å². The van der Waals surface area contributed by atoms with E-state index in [0.717, 1.165) is 42.8 Å². The standard InChI is InChI=1S/C24H24Cl2N2O/c25-21-5-1-3-19(15-21)24(20-4-2-6-22(26)16-20)28-13-11-27(12-14-28)17-18-7-9-23(29)10-8-18/h1-10,15-16,24,29H,11-14,17H2. The number of rotatable bonds is 5. The monoisotopic (exact) mass is 426 g/mol. The van der Waals surface area contributed by atoms with Crippen molar-refractivity contribution in [2.75, 3.05) is 26.2 Å². The van der Waals surface area contributed by atoms with Gasteiger partial charge in [-0.2, -0.15) is 0 Å². The van der Waals surface area contributed by atoms with E-state index in [4.69, 9.17) is 23.2 Å². The van der Waals surface area contributed by atoms with E-state index in [9.17, 15) is 5.11 Å². The molecule has 3 nitrogen and oxygen atoms in total. The molecule has 150 valence electrons. The van der Waals surface area contributed by atoms with Gasteiger partial charge in [-0.05, 0) is 53.1 Å². The van der Waals surface area contributed by atoms with Crippen molar-refractivity contribution in [1.82, 2.24) is 9.80 Å². The first kappa shape index (κ1) is 20.2. The summed E-state index contributed by atoms with van der Waals surface area (Å²) in [5.74, 6) is 0.310. The summed E-state index contributed by atoms with van der Waals surface area (Å²) in [5.41, 5.74) is 3.59. The molecule has 5 heteroatoms. The van der Waals surface area contributed by atoms with Crippen molar-refractivity contribution in [2.45, 2.75) is 12.6 Å². The molecule has 1 heterocycles. The van der Waals surface area contributed by atoms with Crippen LogP contribution in [0, 0.1) is 0 Å². The maximum atomic E-state index is 9.47. The number of halogens is 2. The summed E-state index contributed by atoms with van der Waals surface area (Å²) in [7, 11) is 0. The van der Waals surface area contributed by atoms with E-state index in [-0.39, 0.29) is 6.04 Å². The van der Waals surface area contributed by atoms with E-state index in [1.54, 1.807) is 12.1 Å². The molecule has 1 aliphatic rings. The van der Waals surface area contributed by atoms with Crippen LogP contribution >= 0.6 is 23.2 Å². The Morgan fingerprint density at radius 3 is 1.83 bits per heavy atom. The van der Waals surface area contributed by atoms with Crippen molar-refractivity contribution in [3.63, 3.8) is 0 Å². The summed E-state index contributed by atoms with van der Waals surface area (Å²) in [6, 6.07) is 23.8. The number of hydrogen-bond acceptors (Lipinski definition) is 3. The zero-order valence-electron chi connectivity index (χ0n) is 16.1. The van der Waals surface area contributed by atoms with E-state index in [2.05, 4.69) is 34.1 Å². The van der Waals surface area contributed by atoms with Gasteiger partial charge in [0.2, 0.25) is 0 Å². The van der Waals surface area contributed by atoms with E-state index in [0.29, 0.717) is 5.75 Å². The first-order valence-corrected chi connectivity index (χ1v) is 10.6. The number of phenols is 1. The lowest BCUT2D eigenvalue weighted by Gasteiger charge is -2.40. The molecule has 0 amide bonds. The van der Waals surface area contributed by atoms with Crippen molar-refractivity contribution in [1.29, 1.82) is 0 Å². The molecule has 3 aromatic carbocycles. The lowest BCUT2D eigenvalue weighted by Crippen LogP contribution is -2.47. The number of piperazine rings is 1. The highest BCUT2D eigenvalue weighted by Crippen LogP contribution is 2.32. The first-order chi connectivity index (χ1) is 14.1. The van der Waals surface area contributed by atoms with Crippen molar-refractivity contribution in [2.24, 2.45) is 0 Å². The Bertz CT molecular complexity index is 908. The summed E-state index contributed by atoms with van der Waals surface area (Å²) in [6.07, 6.45) is 0. The Balaban J connectivity index is 1.51. The van der Waals surface area contributed by atoms with Crippen LogP contribution in [0.15, 0.2) is 72.8 Å². The number of phenolic OH excluding ortho intramolecular Hbond substituents is 1. The number of aromatic hydroxyl groups is 1. The van der Waals surface area contributed by atoms with E-state index in [1.165, 1.54) is 16.7 Å². The minimum atomic E-state index is 0.128. The van der Waals surface area contributed by atoms with Gasteiger partial charge in [0, 0.05) is 42.8 Å². The maximum absolute atomic E-state index is 9.47. The van der Waals surface area contributed by atoms with Crippen LogP contribution in [0.1, 0.15) is 22.7 Å². The predicted octanol–water partition coefficient (Wildman–Crippen LogP) is 5.61. The number of nitrogens with zero attached hydrogens (tertiary/aromatic N) is 2. The second-order valence-electron chi connectivity index (χ2n) is 7.49. The third kappa shape index (κ3) is 5.12. The molecule has 0 spiro atoms. The van der Waals surface area contributed by atoms with Gasteiger partial charge in [0.25, 0.3) is 0 Å². The molecule has 4 rings (SSSR count). The van der Waals surface area contributed by atoms with Crippen LogP contribution in [-0.4, -0.2) is 41.1 Å². The molecule has 0 atom stereocenters. The molecule has 1 saturated heterocycles. The Labute approximate surface area is 182 Å².